The second kappa shape index (κ2) is 3.40. The van der Waals surface area contributed by atoms with E-state index in [0.29, 0.717) is 5.96 Å². The summed E-state index contributed by atoms with van der Waals surface area (Å²) in [4.78, 5) is 4.19. The highest BCUT2D eigenvalue weighted by atomic mass is 15.2. The molecule has 0 radical (unpaired) electrons. The van der Waals surface area contributed by atoms with Crippen LogP contribution in [0.2, 0.25) is 0 Å². The zero-order valence-corrected chi connectivity index (χ0v) is 8.57. The third-order valence-electron chi connectivity index (χ3n) is 2.39. The number of hydrogen-bond acceptors (Lipinski definition) is 4. The number of benzene rings is 1. The van der Waals surface area contributed by atoms with Gasteiger partial charge in [0.05, 0.1) is 0 Å². The number of nitrogens with one attached hydrogen (secondary N) is 1. The van der Waals surface area contributed by atoms with E-state index in [-0.39, 0.29) is 0 Å². The molecule has 1 aliphatic rings. The smallest absolute Gasteiger partial charge is 0.195 e. The molecule has 4 heteroatoms. The summed E-state index contributed by atoms with van der Waals surface area (Å²) < 4.78 is 0. The van der Waals surface area contributed by atoms with Crippen LogP contribution in [0, 0.1) is 6.92 Å². The van der Waals surface area contributed by atoms with Crippen molar-refractivity contribution in [3.05, 3.63) is 47.7 Å². The maximum Gasteiger partial charge on any atom is 0.195 e. The molecule has 15 heavy (non-hydrogen) atoms. The van der Waals surface area contributed by atoms with Gasteiger partial charge in [0.15, 0.2) is 11.6 Å². The molecule has 1 aromatic carbocycles. The highest BCUT2D eigenvalue weighted by molar-refractivity contribution is 5.80. The zero-order chi connectivity index (χ0) is 10.9. The van der Waals surface area contributed by atoms with Crippen LogP contribution in [-0.4, -0.2) is 5.96 Å². The largest absolute Gasteiger partial charge is 0.370 e. The number of aliphatic imine (C=N–C) groups is 1. The lowest BCUT2D eigenvalue weighted by Crippen LogP contribution is -2.42. The van der Waals surface area contributed by atoms with E-state index in [4.69, 9.17) is 11.5 Å². The van der Waals surface area contributed by atoms with Crippen LogP contribution >= 0.6 is 0 Å². The van der Waals surface area contributed by atoms with Crippen molar-refractivity contribution in [1.29, 1.82) is 0 Å². The molecule has 0 bridgehead atoms. The van der Waals surface area contributed by atoms with Gasteiger partial charge in [0.25, 0.3) is 0 Å². The van der Waals surface area contributed by atoms with Gasteiger partial charge in [-0.25, -0.2) is 4.99 Å². The molecule has 0 amide bonds. The van der Waals surface area contributed by atoms with Crippen LogP contribution in [0.5, 0.6) is 0 Å². The fourth-order valence-electron chi connectivity index (χ4n) is 1.50. The standard InChI is InChI=1S/C11H14N4/c1-8-2-4-9(5-3-8)11(13)6-7-14-10(12)15-11/h2-7H,13H2,1H3,(H3,12,14,15). The first kappa shape index (κ1) is 9.73. The number of hydrogen-bond donors (Lipinski definition) is 3. The lowest BCUT2D eigenvalue weighted by Gasteiger charge is -2.25. The van der Waals surface area contributed by atoms with Gasteiger partial charge in [0.1, 0.15) is 0 Å². The second-order valence-corrected chi connectivity index (χ2v) is 3.67. The summed E-state index contributed by atoms with van der Waals surface area (Å²) in [6.45, 7) is 2.03. The maximum absolute atomic E-state index is 6.13. The highest BCUT2D eigenvalue weighted by Gasteiger charge is 2.25. The van der Waals surface area contributed by atoms with Crippen molar-refractivity contribution in [2.45, 2.75) is 12.6 Å². The van der Waals surface area contributed by atoms with Gasteiger partial charge in [-0.2, -0.15) is 0 Å². The summed E-state index contributed by atoms with van der Waals surface area (Å²) in [7, 11) is 0. The monoisotopic (exact) mass is 202 g/mol. The van der Waals surface area contributed by atoms with Crippen LogP contribution in [0.15, 0.2) is 41.5 Å². The number of nitrogens with two attached hydrogens (primary N) is 2. The summed E-state index contributed by atoms with van der Waals surface area (Å²) in [6, 6.07) is 7.93. The van der Waals surface area contributed by atoms with E-state index in [1.165, 1.54) is 5.56 Å². The Morgan fingerprint density at radius 2 is 1.93 bits per heavy atom. The molecule has 0 saturated heterocycles. The molecule has 1 aromatic rings. The first-order chi connectivity index (χ1) is 7.10. The Hall–Kier alpha value is -1.81. The minimum atomic E-state index is -0.844. The fourth-order valence-corrected chi connectivity index (χ4v) is 1.50. The first-order valence-corrected chi connectivity index (χ1v) is 4.76. The van der Waals surface area contributed by atoms with Crippen LogP contribution in [0.3, 0.4) is 0 Å². The summed E-state index contributed by atoms with van der Waals surface area (Å²) in [5.41, 5.74) is 13.0. The van der Waals surface area contributed by atoms with Gasteiger partial charge in [-0.1, -0.05) is 29.8 Å². The van der Waals surface area contributed by atoms with E-state index in [0.717, 1.165) is 5.56 Å². The molecule has 0 spiro atoms. The SMILES string of the molecule is Cc1ccc(C2(N)C=CNC(N)=N2)cc1. The van der Waals surface area contributed by atoms with Gasteiger partial charge in [-0.3, -0.25) is 5.73 Å². The molecule has 0 saturated carbocycles. The van der Waals surface area contributed by atoms with E-state index in [2.05, 4.69) is 10.3 Å². The molecule has 78 valence electrons. The second-order valence-electron chi connectivity index (χ2n) is 3.67. The van der Waals surface area contributed by atoms with Crippen molar-refractivity contribution in [2.24, 2.45) is 16.5 Å². The van der Waals surface area contributed by atoms with E-state index >= 15 is 0 Å². The molecule has 1 heterocycles. The third kappa shape index (κ3) is 1.85. The molecule has 0 fully saturated rings. The van der Waals surface area contributed by atoms with Gasteiger partial charge < -0.3 is 11.1 Å². The van der Waals surface area contributed by atoms with Crippen molar-refractivity contribution in [1.82, 2.24) is 5.32 Å². The third-order valence-corrected chi connectivity index (χ3v) is 2.39. The average Bonchev–Trinajstić information content (AvgIpc) is 2.18. The number of aryl methyl sites for hydroxylation is 1. The fraction of sp³-hybridized carbons (Fsp3) is 0.182. The van der Waals surface area contributed by atoms with Crippen LogP contribution in [-0.2, 0) is 5.66 Å². The Morgan fingerprint density at radius 3 is 2.53 bits per heavy atom. The minimum absolute atomic E-state index is 0.334. The summed E-state index contributed by atoms with van der Waals surface area (Å²) in [6.07, 6.45) is 3.50. The topological polar surface area (TPSA) is 76.4 Å². The summed E-state index contributed by atoms with van der Waals surface area (Å²) in [5.74, 6) is 0.334. The normalized spacial score (nSPS) is 24.5. The first-order valence-electron chi connectivity index (χ1n) is 4.76. The molecule has 1 atom stereocenters. The van der Waals surface area contributed by atoms with Crippen LogP contribution in [0.25, 0.3) is 0 Å². The Labute approximate surface area is 88.7 Å². The van der Waals surface area contributed by atoms with Crippen LogP contribution < -0.4 is 16.8 Å². The van der Waals surface area contributed by atoms with E-state index in [1.54, 1.807) is 12.3 Å². The zero-order valence-electron chi connectivity index (χ0n) is 8.57. The van der Waals surface area contributed by atoms with Gasteiger partial charge >= 0.3 is 0 Å². The lowest BCUT2D eigenvalue weighted by atomic mass is 9.99. The van der Waals surface area contributed by atoms with E-state index in [9.17, 15) is 0 Å². The average molecular weight is 202 g/mol. The number of guanidine groups is 1. The van der Waals surface area contributed by atoms with Crippen molar-refractivity contribution in [2.75, 3.05) is 0 Å². The maximum atomic E-state index is 6.13. The van der Waals surface area contributed by atoms with E-state index < -0.39 is 5.66 Å². The van der Waals surface area contributed by atoms with Gasteiger partial charge in [-0.05, 0) is 18.6 Å². The van der Waals surface area contributed by atoms with Gasteiger partial charge in [-0.15, -0.1) is 0 Å². The Balaban J connectivity index is 2.41. The Morgan fingerprint density at radius 1 is 1.27 bits per heavy atom. The van der Waals surface area contributed by atoms with Gasteiger partial charge in [0.2, 0.25) is 0 Å². The molecule has 1 aliphatic heterocycles. The Kier molecular flexibility index (Phi) is 2.21. The quantitative estimate of drug-likeness (QED) is 0.622. The Bertz CT molecular complexity index is 419. The van der Waals surface area contributed by atoms with Gasteiger partial charge in [0, 0.05) is 6.20 Å². The highest BCUT2D eigenvalue weighted by Crippen LogP contribution is 2.23. The molecular weight excluding hydrogens is 188 g/mol. The van der Waals surface area contributed by atoms with E-state index in [1.807, 2.05) is 31.2 Å². The lowest BCUT2D eigenvalue weighted by molar-refractivity contribution is 0.581. The van der Waals surface area contributed by atoms with Crippen molar-refractivity contribution in [3.63, 3.8) is 0 Å². The minimum Gasteiger partial charge on any atom is -0.370 e. The molecule has 0 aromatic heterocycles. The van der Waals surface area contributed by atoms with Crippen LogP contribution in [0.1, 0.15) is 11.1 Å². The molecule has 2 rings (SSSR count). The molecular formula is C11H14N4. The predicted octanol–water partition coefficient (Wildman–Crippen LogP) is 0.538. The molecule has 1 unspecified atom stereocenters. The summed E-state index contributed by atoms with van der Waals surface area (Å²) >= 11 is 0. The molecule has 0 aliphatic carbocycles. The predicted molar refractivity (Wildman–Crippen MR) is 60.9 cm³/mol. The number of nitrogens with zero attached hydrogens (tertiary/aromatic N) is 1. The van der Waals surface area contributed by atoms with Crippen molar-refractivity contribution in [3.8, 4) is 0 Å². The number of rotatable bonds is 1. The van der Waals surface area contributed by atoms with Crippen molar-refractivity contribution >= 4 is 5.96 Å². The van der Waals surface area contributed by atoms with Crippen LogP contribution in [0.4, 0.5) is 0 Å². The van der Waals surface area contributed by atoms with Crippen molar-refractivity contribution < 1.29 is 0 Å². The molecule has 5 N–H and O–H groups in total. The molecule has 4 nitrogen and oxygen atoms in total. The summed E-state index contributed by atoms with van der Waals surface area (Å²) in [5, 5.41) is 2.79.